The lowest BCUT2D eigenvalue weighted by molar-refractivity contribution is 1.18. The van der Waals surface area contributed by atoms with Gasteiger partial charge in [0, 0.05) is 50.6 Å². The zero-order chi connectivity index (χ0) is 45.9. The molecule has 12 aromatic rings. The zero-order valence-electron chi connectivity index (χ0n) is 38.0. The number of para-hydroxylation sites is 4. The minimum Gasteiger partial charge on any atom is -0.311 e. The summed E-state index contributed by atoms with van der Waals surface area (Å²) in [4.78, 5) is 4.69. The van der Waals surface area contributed by atoms with E-state index in [9.17, 15) is 0 Å². The normalized spacial score (nSPS) is 11.2. The molecular formula is C66H47N3. The summed E-state index contributed by atoms with van der Waals surface area (Å²) in [5.41, 5.74) is 19.5. The first kappa shape index (κ1) is 41.3. The van der Waals surface area contributed by atoms with E-state index in [4.69, 9.17) is 0 Å². The van der Waals surface area contributed by atoms with Crippen LogP contribution in [0.3, 0.4) is 0 Å². The summed E-state index contributed by atoms with van der Waals surface area (Å²) in [6, 6.07) is 103. The van der Waals surface area contributed by atoms with Crippen molar-refractivity contribution in [3.63, 3.8) is 0 Å². The molecule has 0 aliphatic heterocycles. The summed E-state index contributed by atoms with van der Waals surface area (Å²) >= 11 is 0. The van der Waals surface area contributed by atoms with Crippen molar-refractivity contribution < 1.29 is 0 Å². The minimum absolute atomic E-state index is 1.08. The second-order valence-electron chi connectivity index (χ2n) is 17.4. The predicted molar refractivity (Wildman–Crippen MR) is 292 cm³/mol. The zero-order valence-corrected chi connectivity index (χ0v) is 38.0. The molecule has 0 atom stereocenters. The van der Waals surface area contributed by atoms with Crippen LogP contribution in [0.1, 0.15) is 0 Å². The van der Waals surface area contributed by atoms with E-state index in [1.807, 2.05) is 0 Å². The monoisotopic (exact) mass is 881 g/mol. The highest BCUT2D eigenvalue weighted by Gasteiger charge is 2.19. The van der Waals surface area contributed by atoms with Crippen LogP contribution in [-0.4, -0.2) is 4.57 Å². The Bertz CT molecular complexity index is 3660. The van der Waals surface area contributed by atoms with Crippen LogP contribution < -0.4 is 9.80 Å². The highest BCUT2D eigenvalue weighted by atomic mass is 15.1. The summed E-state index contributed by atoms with van der Waals surface area (Å²) in [7, 11) is 0. The molecule has 0 spiro atoms. The van der Waals surface area contributed by atoms with Crippen LogP contribution in [0, 0.1) is 0 Å². The first-order valence-electron chi connectivity index (χ1n) is 23.6. The van der Waals surface area contributed by atoms with E-state index in [1.54, 1.807) is 0 Å². The lowest BCUT2D eigenvalue weighted by atomic mass is 9.93. The van der Waals surface area contributed by atoms with Gasteiger partial charge in [0.1, 0.15) is 0 Å². The summed E-state index contributed by atoms with van der Waals surface area (Å²) < 4.78 is 2.38. The average Bonchev–Trinajstić information content (AvgIpc) is 3.76. The molecule has 326 valence electrons. The van der Waals surface area contributed by atoms with Crippen molar-refractivity contribution in [2.45, 2.75) is 0 Å². The van der Waals surface area contributed by atoms with E-state index in [1.165, 1.54) is 44.1 Å². The Labute approximate surface area is 403 Å². The number of anilines is 6. The molecule has 0 N–H and O–H groups in total. The fraction of sp³-hybridized carbons (Fsp3) is 0. The van der Waals surface area contributed by atoms with E-state index in [-0.39, 0.29) is 0 Å². The standard InChI is InChI=1S/C66H47N3/c1-6-18-48(19-7-1)50-30-36-59(37-31-50)67(56-22-10-3-11-23-56)60-38-32-51(33-39-60)54-44-53(49-20-8-2-9-21-49)45-55(46-54)52-34-40-61(41-35-52)68(57-24-12-4-13-25-57)62-42-43-64-63-28-16-17-29-65(63)69(66(64)47-62)58-26-14-5-15-27-58/h1-47H. The third kappa shape index (κ3) is 8.13. The van der Waals surface area contributed by atoms with Gasteiger partial charge in [-0.1, -0.05) is 176 Å². The number of rotatable bonds is 11. The summed E-state index contributed by atoms with van der Waals surface area (Å²) in [5, 5.41) is 2.47. The molecule has 0 fully saturated rings. The van der Waals surface area contributed by atoms with Crippen molar-refractivity contribution in [3.8, 4) is 50.2 Å². The molecule has 0 saturated carbocycles. The topological polar surface area (TPSA) is 11.4 Å². The van der Waals surface area contributed by atoms with Gasteiger partial charge in [-0.25, -0.2) is 0 Å². The Balaban J connectivity index is 0.914. The quantitative estimate of drug-likeness (QED) is 0.128. The molecule has 1 heterocycles. The smallest absolute Gasteiger partial charge is 0.0561 e. The number of fused-ring (bicyclic) bond motifs is 3. The number of benzene rings is 11. The van der Waals surface area contributed by atoms with Crippen molar-refractivity contribution in [3.05, 3.63) is 285 Å². The van der Waals surface area contributed by atoms with E-state index in [0.29, 0.717) is 0 Å². The van der Waals surface area contributed by atoms with Gasteiger partial charge in [0.05, 0.1) is 11.0 Å². The van der Waals surface area contributed by atoms with Crippen LogP contribution in [0.2, 0.25) is 0 Å². The maximum absolute atomic E-state index is 2.38. The molecule has 12 rings (SSSR count). The third-order valence-corrected chi connectivity index (χ3v) is 13.1. The van der Waals surface area contributed by atoms with Gasteiger partial charge < -0.3 is 14.4 Å². The highest BCUT2D eigenvalue weighted by molar-refractivity contribution is 6.10. The fourth-order valence-corrected chi connectivity index (χ4v) is 9.80. The second kappa shape index (κ2) is 18.2. The average molecular weight is 882 g/mol. The summed E-state index contributed by atoms with van der Waals surface area (Å²) in [5.74, 6) is 0. The maximum Gasteiger partial charge on any atom is 0.0561 e. The van der Waals surface area contributed by atoms with Crippen molar-refractivity contribution in [2.75, 3.05) is 9.80 Å². The van der Waals surface area contributed by atoms with E-state index < -0.39 is 0 Å². The molecule has 11 aromatic carbocycles. The second-order valence-corrected chi connectivity index (χ2v) is 17.4. The SMILES string of the molecule is c1ccc(-c2ccc(N(c3ccccc3)c3ccc(-c4cc(-c5ccccc5)cc(-c5ccc(N(c6ccccc6)c6ccc7c8ccccc8n(-c8ccccc8)c7c6)cc5)c4)cc3)cc2)cc1. The molecular weight excluding hydrogens is 835 g/mol. The van der Waals surface area contributed by atoms with Gasteiger partial charge in [-0.3, -0.25) is 0 Å². The van der Waals surface area contributed by atoms with Gasteiger partial charge in [0.25, 0.3) is 0 Å². The number of hydrogen-bond acceptors (Lipinski definition) is 2. The Kier molecular flexibility index (Phi) is 10.9. The Morgan fingerprint density at radius 1 is 0.203 bits per heavy atom. The highest BCUT2D eigenvalue weighted by Crippen LogP contribution is 2.42. The van der Waals surface area contributed by atoms with E-state index in [2.05, 4.69) is 299 Å². The van der Waals surface area contributed by atoms with Crippen LogP contribution in [-0.2, 0) is 0 Å². The van der Waals surface area contributed by atoms with Crippen LogP contribution in [0.5, 0.6) is 0 Å². The van der Waals surface area contributed by atoms with Crippen LogP contribution in [0.15, 0.2) is 285 Å². The van der Waals surface area contributed by atoms with Crippen LogP contribution in [0.4, 0.5) is 34.1 Å². The molecule has 0 aliphatic carbocycles. The Morgan fingerprint density at radius 3 is 1.00 bits per heavy atom. The van der Waals surface area contributed by atoms with Gasteiger partial charge in [0.2, 0.25) is 0 Å². The largest absolute Gasteiger partial charge is 0.311 e. The minimum atomic E-state index is 1.08. The molecule has 69 heavy (non-hydrogen) atoms. The molecule has 3 nitrogen and oxygen atoms in total. The predicted octanol–water partition coefficient (Wildman–Crippen LogP) is 18.4. The van der Waals surface area contributed by atoms with Crippen molar-refractivity contribution in [1.29, 1.82) is 0 Å². The van der Waals surface area contributed by atoms with Gasteiger partial charge in [-0.2, -0.15) is 0 Å². The van der Waals surface area contributed by atoms with Crippen LogP contribution >= 0.6 is 0 Å². The molecule has 0 unspecified atom stereocenters. The Morgan fingerprint density at radius 2 is 0.522 bits per heavy atom. The fourth-order valence-electron chi connectivity index (χ4n) is 9.80. The first-order chi connectivity index (χ1) is 34.2. The summed E-state index contributed by atoms with van der Waals surface area (Å²) in [6.45, 7) is 0. The number of hydrogen-bond donors (Lipinski definition) is 0. The van der Waals surface area contributed by atoms with Gasteiger partial charge in [0.15, 0.2) is 0 Å². The van der Waals surface area contributed by atoms with Crippen LogP contribution in [0.25, 0.3) is 72.0 Å². The Hall–Kier alpha value is -9.18. The third-order valence-electron chi connectivity index (χ3n) is 13.1. The van der Waals surface area contributed by atoms with Crippen molar-refractivity contribution in [2.24, 2.45) is 0 Å². The summed E-state index contributed by atoms with van der Waals surface area (Å²) in [6.07, 6.45) is 0. The molecule has 1 aromatic heterocycles. The first-order valence-corrected chi connectivity index (χ1v) is 23.6. The van der Waals surface area contributed by atoms with Crippen molar-refractivity contribution in [1.82, 2.24) is 4.57 Å². The molecule has 0 bridgehead atoms. The lowest BCUT2D eigenvalue weighted by Crippen LogP contribution is -2.10. The molecule has 0 aliphatic rings. The maximum atomic E-state index is 2.38. The van der Waals surface area contributed by atoms with Crippen molar-refractivity contribution >= 4 is 55.9 Å². The van der Waals surface area contributed by atoms with E-state index in [0.717, 1.165) is 62.1 Å². The number of aromatic nitrogens is 1. The molecule has 0 amide bonds. The lowest BCUT2D eigenvalue weighted by Gasteiger charge is -2.26. The molecule has 0 radical (unpaired) electrons. The molecule has 0 saturated heterocycles. The van der Waals surface area contributed by atoms with Gasteiger partial charge in [-0.05, 0) is 154 Å². The van der Waals surface area contributed by atoms with Gasteiger partial charge >= 0.3 is 0 Å². The molecule has 3 heteroatoms. The van der Waals surface area contributed by atoms with E-state index >= 15 is 0 Å². The number of nitrogens with zero attached hydrogens (tertiary/aromatic N) is 3. The van der Waals surface area contributed by atoms with Gasteiger partial charge in [-0.15, -0.1) is 0 Å².